The van der Waals surface area contributed by atoms with Gasteiger partial charge >= 0.3 is 0 Å². The summed E-state index contributed by atoms with van der Waals surface area (Å²) in [6.45, 7) is 7.47. The molecule has 0 radical (unpaired) electrons. The van der Waals surface area contributed by atoms with E-state index < -0.39 is 0 Å². The molecule has 0 fully saturated rings. The zero-order valence-corrected chi connectivity index (χ0v) is 10.3. The molecule has 1 heterocycles. The van der Waals surface area contributed by atoms with E-state index >= 15 is 0 Å². The van der Waals surface area contributed by atoms with Crippen LogP contribution in [0, 0.1) is 0 Å². The number of hydrogen-bond acceptors (Lipinski definition) is 2. The topological polar surface area (TPSA) is 20.2 Å². The fourth-order valence-corrected chi connectivity index (χ4v) is 1.81. The van der Waals surface area contributed by atoms with Crippen LogP contribution in [0.4, 0.5) is 0 Å². The molecule has 1 aromatic heterocycles. The van der Waals surface area contributed by atoms with Crippen molar-refractivity contribution in [3.63, 3.8) is 0 Å². The molecule has 0 aliphatic carbocycles. The van der Waals surface area contributed by atoms with Gasteiger partial charge in [0.25, 0.3) is 0 Å². The van der Waals surface area contributed by atoms with Crippen LogP contribution in [-0.4, -0.2) is 36.1 Å². The maximum Gasteiger partial charge on any atom is 0.0362 e. The minimum absolute atomic E-state index is 0.528. The number of aromatic nitrogens is 1. The van der Waals surface area contributed by atoms with Gasteiger partial charge in [0.15, 0.2) is 0 Å². The van der Waals surface area contributed by atoms with Crippen LogP contribution in [0.1, 0.15) is 19.5 Å². The predicted molar refractivity (Wildman–Crippen MR) is 65.0 cm³/mol. The summed E-state index contributed by atoms with van der Waals surface area (Å²) in [5.74, 6) is 0. The molecule has 0 aliphatic heterocycles. The van der Waals surface area contributed by atoms with Crippen molar-refractivity contribution >= 4 is 0 Å². The Balaban J connectivity index is 2.36. The van der Waals surface area contributed by atoms with Crippen molar-refractivity contribution in [2.24, 2.45) is 0 Å². The number of hydrogen-bond donors (Lipinski definition) is 1. The lowest BCUT2D eigenvalue weighted by atomic mass is 10.3. The van der Waals surface area contributed by atoms with E-state index in [0.29, 0.717) is 6.04 Å². The Morgan fingerprint density at radius 1 is 1.47 bits per heavy atom. The Hall–Kier alpha value is -0.800. The maximum atomic E-state index is 3.53. The van der Waals surface area contributed by atoms with Gasteiger partial charge in [-0.15, -0.1) is 0 Å². The quantitative estimate of drug-likeness (QED) is 0.767. The SMILES string of the molecule is CCn1cccc1CNC(C)CN(C)C. The molecule has 0 saturated carbocycles. The Labute approximate surface area is 93.1 Å². The second kappa shape index (κ2) is 5.93. The van der Waals surface area contributed by atoms with Crippen molar-refractivity contribution in [1.29, 1.82) is 0 Å². The minimum atomic E-state index is 0.528. The highest BCUT2D eigenvalue weighted by molar-refractivity contribution is 5.06. The molecule has 15 heavy (non-hydrogen) atoms. The smallest absolute Gasteiger partial charge is 0.0362 e. The molecular weight excluding hydrogens is 186 g/mol. The first kappa shape index (κ1) is 12.3. The average molecular weight is 209 g/mol. The molecular formula is C12H23N3. The first-order chi connectivity index (χ1) is 7.13. The van der Waals surface area contributed by atoms with Crippen LogP contribution in [0.25, 0.3) is 0 Å². The van der Waals surface area contributed by atoms with Gasteiger partial charge in [-0.25, -0.2) is 0 Å². The van der Waals surface area contributed by atoms with Crippen molar-refractivity contribution in [3.8, 4) is 0 Å². The van der Waals surface area contributed by atoms with Crippen molar-refractivity contribution in [2.75, 3.05) is 20.6 Å². The molecule has 1 rings (SSSR count). The van der Waals surface area contributed by atoms with Gasteiger partial charge in [-0.1, -0.05) is 0 Å². The number of aryl methyl sites for hydroxylation is 1. The Bertz CT molecular complexity index is 278. The average Bonchev–Trinajstić information content (AvgIpc) is 2.60. The van der Waals surface area contributed by atoms with Gasteiger partial charge in [0.1, 0.15) is 0 Å². The second-order valence-electron chi connectivity index (χ2n) is 4.33. The van der Waals surface area contributed by atoms with Crippen LogP contribution in [0.3, 0.4) is 0 Å². The molecule has 3 nitrogen and oxygen atoms in total. The minimum Gasteiger partial charge on any atom is -0.351 e. The zero-order valence-electron chi connectivity index (χ0n) is 10.3. The molecule has 0 amide bonds. The van der Waals surface area contributed by atoms with Crippen molar-refractivity contribution in [3.05, 3.63) is 24.0 Å². The van der Waals surface area contributed by atoms with Crippen LogP contribution in [-0.2, 0) is 13.1 Å². The third-order valence-corrected chi connectivity index (χ3v) is 2.53. The lowest BCUT2D eigenvalue weighted by Gasteiger charge is -2.18. The van der Waals surface area contributed by atoms with Crippen molar-refractivity contribution < 1.29 is 0 Å². The third kappa shape index (κ3) is 4.06. The van der Waals surface area contributed by atoms with E-state index in [9.17, 15) is 0 Å². The van der Waals surface area contributed by atoms with E-state index in [-0.39, 0.29) is 0 Å². The van der Waals surface area contributed by atoms with E-state index in [4.69, 9.17) is 0 Å². The highest BCUT2D eigenvalue weighted by Gasteiger charge is 2.04. The van der Waals surface area contributed by atoms with E-state index in [0.717, 1.165) is 19.6 Å². The van der Waals surface area contributed by atoms with Gasteiger partial charge < -0.3 is 14.8 Å². The maximum absolute atomic E-state index is 3.53. The Morgan fingerprint density at radius 3 is 2.80 bits per heavy atom. The fraction of sp³-hybridized carbons (Fsp3) is 0.667. The second-order valence-corrected chi connectivity index (χ2v) is 4.33. The monoisotopic (exact) mass is 209 g/mol. The zero-order chi connectivity index (χ0) is 11.3. The summed E-state index contributed by atoms with van der Waals surface area (Å²) in [6.07, 6.45) is 2.13. The first-order valence-corrected chi connectivity index (χ1v) is 5.65. The fourth-order valence-electron chi connectivity index (χ4n) is 1.81. The highest BCUT2D eigenvalue weighted by Crippen LogP contribution is 2.02. The summed E-state index contributed by atoms with van der Waals surface area (Å²) in [4.78, 5) is 2.20. The van der Waals surface area contributed by atoms with Crippen LogP contribution in [0.2, 0.25) is 0 Å². The van der Waals surface area contributed by atoms with Crippen molar-refractivity contribution in [2.45, 2.75) is 33.0 Å². The number of nitrogens with one attached hydrogen (secondary N) is 1. The molecule has 0 spiro atoms. The van der Waals surface area contributed by atoms with E-state index in [1.54, 1.807) is 0 Å². The molecule has 1 unspecified atom stereocenters. The van der Waals surface area contributed by atoms with Crippen LogP contribution < -0.4 is 5.32 Å². The van der Waals surface area contributed by atoms with Gasteiger partial charge in [-0.3, -0.25) is 0 Å². The summed E-state index contributed by atoms with van der Waals surface area (Å²) >= 11 is 0. The summed E-state index contributed by atoms with van der Waals surface area (Å²) in [7, 11) is 4.21. The van der Waals surface area contributed by atoms with Gasteiger partial charge in [0, 0.05) is 37.6 Å². The van der Waals surface area contributed by atoms with Gasteiger partial charge in [-0.2, -0.15) is 0 Å². The number of likely N-dealkylation sites (N-methyl/N-ethyl adjacent to an activating group) is 1. The van der Waals surface area contributed by atoms with Gasteiger partial charge in [0.05, 0.1) is 0 Å². The molecule has 1 aromatic rings. The summed E-state index contributed by atoms with van der Waals surface area (Å²) in [5, 5.41) is 3.53. The standard InChI is InChI=1S/C12H23N3/c1-5-15-8-6-7-12(15)9-13-11(2)10-14(3)4/h6-8,11,13H,5,9-10H2,1-4H3. The highest BCUT2D eigenvalue weighted by atomic mass is 15.1. The molecule has 0 saturated heterocycles. The molecule has 86 valence electrons. The molecule has 3 heteroatoms. The van der Waals surface area contributed by atoms with Gasteiger partial charge in [0.2, 0.25) is 0 Å². The first-order valence-electron chi connectivity index (χ1n) is 5.65. The van der Waals surface area contributed by atoms with Gasteiger partial charge in [-0.05, 0) is 40.1 Å². The van der Waals surface area contributed by atoms with E-state index in [1.807, 2.05) is 0 Å². The van der Waals surface area contributed by atoms with Crippen LogP contribution in [0.5, 0.6) is 0 Å². The molecule has 0 aromatic carbocycles. The molecule has 1 atom stereocenters. The van der Waals surface area contributed by atoms with Crippen LogP contribution >= 0.6 is 0 Å². The normalized spacial score (nSPS) is 13.4. The Morgan fingerprint density at radius 2 is 2.20 bits per heavy atom. The summed E-state index contributed by atoms with van der Waals surface area (Å²) < 4.78 is 2.27. The van der Waals surface area contributed by atoms with E-state index in [1.165, 1.54) is 5.69 Å². The number of nitrogens with zero attached hydrogens (tertiary/aromatic N) is 2. The summed E-state index contributed by atoms with van der Waals surface area (Å²) in [6, 6.07) is 4.82. The van der Waals surface area contributed by atoms with Crippen LogP contribution in [0.15, 0.2) is 18.3 Å². The number of rotatable bonds is 6. The molecule has 1 N–H and O–H groups in total. The Kier molecular flexibility index (Phi) is 4.85. The lowest BCUT2D eigenvalue weighted by molar-refractivity contribution is 0.347. The molecule has 0 bridgehead atoms. The molecule has 0 aliphatic rings. The van der Waals surface area contributed by atoms with Crippen molar-refractivity contribution in [1.82, 2.24) is 14.8 Å². The predicted octanol–water partition coefficient (Wildman–Crippen LogP) is 1.55. The van der Waals surface area contributed by atoms with E-state index in [2.05, 4.69) is 61.1 Å². The summed E-state index contributed by atoms with van der Waals surface area (Å²) in [5.41, 5.74) is 1.36. The lowest BCUT2D eigenvalue weighted by Crippen LogP contribution is -2.35. The third-order valence-electron chi connectivity index (χ3n) is 2.53. The largest absolute Gasteiger partial charge is 0.351 e.